The molecule has 1 spiro atoms. The van der Waals surface area contributed by atoms with Crippen LogP contribution in [0.1, 0.15) is 92.4 Å². The van der Waals surface area contributed by atoms with Crippen molar-refractivity contribution in [2.24, 2.45) is 46.3 Å². The third-order valence-corrected chi connectivity index (χ3v) is 12.2. The first-order valence-electron chi connectivity index (χ1n) is 14.2. The number of esters is 1. The molecule has 2 heterocycles. The van der Waals surface area contributed by atoms with Crippen molar-refractivity contribution in [3.8, 4) is 0 Å². The molecule has 196 valence electrons. The zero-order valence-electron chi connectivity index (χ0n) is 22.2. The molecule has 6 heteroatoms. The minimum absolute atomic E-state index is 0.0329. The van der Waals surface area contributed by atoms with E-state index in [0.29, 0.717) is 41.9 Å². The Bertz CT molecular complexity index is 909. The molecule has 0 bridgehead atoms. The Balaban J connectivity index is 1.26. The molecule has 2 saturated heterocycles. The number of hydrogen-bond donors (Lipinski definition) is 1. The van der Waals surface area contributed by atoms with Crippen molar-refractivity contribution in [2.45, 2.75) is 116 Å². The van der Waals surface area contributed by atoms with Crippen LogP contribution in [0.15, 0.2) is 0 Å². The van der Waals surface area contributed by atoms with Crippen molar-refractivity contribution < 1.29 is 28.9 Å². The molecule has 12 atom stereocenters. The Morgan fingerprint density at radius 1 is 1.09 bits per heavy atom. The number of carbonyl (C=O) groups is 2. The highest BCUT2D eigenvalue weighted by Gasteiger charge is 2.72. The molecule has 2 aliphatic heterocycles. The van der Waals surface area contributed by atoms with Crippen LogP contribution in [0, 0.1) is 46.3 Å². The van der Waals surface area contributed by atoms with Crippen molar-refractivity contribution >= 4 is 11.8 Å². The first kappa shape index (κ1) is 24.4. The monoisotopic (exact) mass is 488 g/mol. The van der Waals surface area contributed by atoms with Crippen LogP contribution in [-0.2, 0) is 23.8 Å². The van der Waals surface area contributed by atoms with E-state index in [9.17, 15) is 14.7 Å². The number of ketones is 1. The molecular weight excluding hydrogens is 444 g/mol. The lowest BCUT2D eigenvalue weighted by Gasteiger charge is -2.63. The topological polar surface area (TPSA) is 82.1 Å². The molecule has 0 aromatic heterocycles. The molecule has 0 aromatic carbocycles. The summed E-state index contributed by atoms with van der Waals surface area (Å²) in [6.45, 7) is 11.4. The maximum Gasteiger partial charge on any atom is 0.302 e. The molecular formula is C29H44O6. The molecule has 6 fully saturated rings. The molecule has 6 nitrogen and oxygen atoms in total. The van der Waals surface area contributed by atoms with Gasteiger partial charge in [-0.2, -0.15) is 0 Å². The van der Waals surface area contributed by atoms with Crippen LogP contribution in [-0.4, -0.2) is 47.1 Å². The minimum atomic E-state index is -1.39. The Morgan fingerprint density at radius 2 is 1.86 bits per heavy atom. The summed E-state index contributed by atoms with van der Waals surface area (Å²) >= 11 is 0. The van der Waals surface area contributed by atoms with E-state index < -0.39 is 16.8 Å². The number of hydrogen-bond acceptors (Lipinski definition) is 6. The number of rotatable bonds is 1. The van der Waals surface area contributed by atoms with Gasteiger partial charge in [-0.1, -0.05) is 27.7 Å². The summed E-state index contributed by atoms with van der Waals surface area (Å²) < 4.78 is 18.7. The number of carbonyl (C=O) groups excluding carboxylic acids is 2. The van der Waals surface area contributed by atoms with Crippen molar-refractivity contribution in [3.63, 3.8) is 0 Å². The lowest BCUT2D eigenvalue weighted by Crippen LogP contribution is -2.67. The Kier molecular flexibility index (Phi) is 5.41. The highest BCUT2D eigenvalue weighted by atomic mass is 16.7. The van der Waals surface area contributed by atoms with Crippen molar-refractivity contribution in [1.29, 1.82) is 0 Å². The second-order valence-electron chi connectivity index (χ2n) is 13.8. The third kappa shape index (κ3) is 3.18. The van der Waals surface area contributed by atoms with Crippen LogP contribution in [0.3, 0.4) is 0 Å². The summed E-state index contributed by atoms with van der Waals surface area (Å²) in [5.74, 6) is 1.68. The molecule has 0 unspecified atom stereocenters. The van der Waals surface area contributed by atoms with E-state index in [1.54, 1.807) is 0 Å². The molecule has 6 rings (SSSR count). The fraction of sp³-hybridized carbons (Fsp3) is 0.931. The highest BCUT2D eigenvalue weighted by molar-refractivity contribution is 5.89. The van der Waals surface area contributed by atoms with Gasteiger partial charge in [0, 0.05) is 37.5 Å². The molecule has 4 aliphatic carbocycles. The summed E-state index contributed by atoms with van der Waals surface area (Å²) in [6.07, 6.45) is 7.30. The van der Waals surface area contributed by atoms with Gasteiger partial charge in [0.05, 0.1) is 12.7 Å². The van der Waals surface area contributed by atoms with E-state index in [1.165, 1.54) is 6.92 Å². The fourth-order valence-electron chi connectivity index (χ4n) is 10.4. The van der Waals surface area contributed by atoms with Gasteiger partial charge >= 0.3 is 5.97 Å². The summed E-state index contributed by atoms with van der Waals surface area (Å²) in [5, 5.41) is 11.9. The van der Waals surface area contributed by atoms with Crippen LogP contribution >= 0.6 is 0 Å². The van der Waals surface area contributed by atoms with Gasteiger partial charge < -0.3 is 19.3 Å². The van der Waals surface area contributed by atoms with Crippen molar-refractivity contribution in [2.75, 3.05) is 6.61 Å². The van der Waals surface area contributed by atoms with Crippen LogP contribution in [0.2, 0.25) is 0 Å². The van der Waals surface area contributed by atoms with Gasteiger partial charge in [-0.15, -0.1) is 0 Å². The number of fused-ring (bicyclic) bond motifs is 7. The van der Waals surface area contributed by atoms with Crippen LogP contribution in [0.25, 0.3) is 0 Å². The van der Waals surface area contributed by atoms with Gasteiger partial charge in [0.25, 0.3) is 0 Å². The fourth-order valence-corrected chi connectivity index (χ4v) is 10.4. The number of ether oxygens (including phenoxy) is 3. The second kappa shape index (κ2) is 7.77. The van der Waals surface area contributed by atoms with E-state index in [-0.39, 0.29) is 35.8 Å². The SMILES string of the molecule is CC(=O)O[C@H]1CC[C@]2(C)[C@@H]3CC[C@]4(C)[C@@H]5[C@@H](C)[C@@]6(CC[C@@H](C)CO6)O[C@@H]5C[C@@H]4[C@H]3CC(=O)[C@@]2(O)C1. The summed E-state index contributed by atoms with van der Waals surface area (Å²) in [6, 6.07) is 0. The second-order valence-corrected chi connectivity index (χ2v) is 13.8. The van der Waals surface area contributed by atoms with Crippen LogP contribution < -0.4 is 0 Å². The molecule has 0 aromatic rings. The summed E-state index contributed by atoms with van der Waals surface area (Å²) in [7, 11) is 0. The predicted molar refractivity (Wildman–Crippen MR) is 129 cm³/mol. The lowest BCUT2D eigenvalue weighted by atomic mass is 9.42. The molecule has 0 radical (unpaired) electrons. The predicted octanol–water partition coefficient (Wildman–Crippen LogP) is 4.66. The van der Waals surface area contributed by atoms with E-state index in [0.717, 1.165) is 51.6 Å². The average molecular weight is 489 g/mol. The Morgan fingerprint density at radius 3 is 2.54 bits per heavy atom. The van der Waals surface area contributed by atoms with Gasteiger partial charge in [-0.3, -0.25) is 9.59 Å². The lowest BCUT2D eigenvalue weighted by molar-refractivity contribution is -0.273. The smallest absolute Gasteiger partial charge is 0.302 e. The zero-order valence-corrected chi connectivity index (χ0v) is 22.2. The highest BCUT2D eigenvalue weighted by Crippen LogP contribution is 2.71. The quantitative estimate of drug-likeness (QED) is 0.541. The largest absolute Gasteiger partial charge is 0.462 e. The van der Waals surface area contributed by atoms with Gasteiger partial charge in [0.15, 0.2) is 11.6 Å². The van der Waals surface area contributed by atoms with Gasteiger partial charge in [-0.05, 0) is 73.5 Å². The Hall–Kier alpha value is -0.980. The maximum atomic E-state index is 13.7. The van der Waals surface area contributed by atoms with Crippen molar-refractivity contribution in [1.82, 2.24) is 0 Å². The maximum absolute atomic E-state index is 13.7. The molecule has 6 aliphatic rings. The molecule has 4 saturated carbocycles. The summed E-state index contributed by atoms with van der Waals surface area (Å²) in [5.41, 5.74) is -1.71. The van der Waals surface area contributed by atoms with Crippen LogP contribution in [0.5, 0.6) is 0 Å². The van der Waals surface area contributed by atoms with Crippen molar-refractivity contribution in [3.05, 3.63) is 0 Å². The van der Waals surface area contributed by atoms with E-state index in [1.807, 2.05) is 0 Å². The Labute approximate surface area is 209 Å². The minimum Gasteiger partial charge on any atom is -0.462 e. The van der Waals surface area contributed by atoms with E-state index in [2.05, 4.69) is 27.7 Å². The van der Waals surface area contributed by atoms with Gasteiger partial charge in [0.2, 0.25) is 0 Å². The zero-order chi connectivity index (χ0) is 25.0. The van der Waals surface area contributed by atoms with Gasteiger partial charge in [-0.25, -0.2) is 0 Å². The number of Topliss-reactive ketones (excluding diaryl/α,β-unsaturated/α-hetero) is 1. The van der Waals surface area contributed by atoms with E-state index in [4.69, 9.17) is 14.2 Å². The van der Waals surface area contributed by atoms with E-state index >= 15 is 0 Å². The first-order valence-corrected chi connectivity index (χ1v) is 14.2. The average Bonchev–Trinajstić information content (AvgIpc) is 3.23. The van der Waals surface area contributed by atoms with Gasteiger partial charge in [0.1, 0.15) is 11.7 Å². The summed E-state index contributed by atoms with van der Waals surface area (Å²) in [4.78, 5) is 25.2. The molecule has 35 heavy (non-hydrogen) atoms. The molecule has 0 amide bonds. The normalized spacial score (nSPS) is 57.3. The first-order chi connectivity index (χ1) is 16.4. The standard InChI is InChI=1S/C29H44O6/c1-16-6-11-29(33-15-16)17(2)25-23(35-29)13-22-20-12-24(31)28(32)14-19(34-18(3)30)7-10-27(28,5)21(20)8-9-26(22,25)4/h16-17,19-23,25,32H,6-15H2,1-5H3/t16-,17-,19+,20+,21-,22-,23-,25-,26+,27-,28+,29-/m1/s1. The number of aliphatic hydroxyl groups is 1. The van der Waals surface area contributed by atoms with Crippen LogP contribution in [0.4, 0.5) is 0 Å². The third-order valence-electron chi connectivity index (χ3n) is 12.2. The molecule has 1 N–H and O–H groups in total.